The third-order valence-electron chi connectivity index (χ3n) is 1.74. The Balaban J connectivity index is 3.14. The van der Waals surface area contributed by atoms with E-state index in [1.807, 2.05) is 0 Å². The Labute approximate surface area is 84.9 Å². The molecule has 0 aliphatic heterocycles. The first kappa shape index (κ1) is 11.3. The van der Waals surface area contributed by atoms with Crippen molar-refractivity contribution in [2.45, 2.75) is 18.5 Å². The molecule has 0 aliphatic carbocycles. The van der Waals surface area contributed by atoms with Crippen molar-refractivity contribution in [1.82, 2.24) is 4.98 Å². The summed E-state index contributed by atoms with van der Waals surface area (Å²) in [6, 6.07) is 2.26. The van der Waals surface area contributed by atoms with E-state index in [0.717, 1.165) is 6.07 Å². The van der Waals surface area contributed by atoms with Gasteiger partial charge in [0.15, 0.2) is 0 Å². The number of hydrogen-bond acceptors (Lipinski definition) is 1. The minimum Gasteiger partial charge on any atom is -0.248 e. The third kappa shape index (κ3) is 2.38. The summed E-state index contributed by atoms with van der Waals surface area (Å²) in [5.41, 5.74) is -0.00508. The van der Waals surface area contributed by atoms with E-state index in [-0.39, 0.29) is 12.3 Å². The maximum Gasteiger partial charge on any atom is 0.433 e. The molecule has 0 aliphatic rings. The minimum absolute atomic E-state index is 0.149. The Morgan fingerprint density at radius 2 is 2.00 bits per heavy atom. The molecule has 1 heterocycles. The zero-order valence-electron chi connectivity index (χ0n) is 7.24. The number of rotatable bonds is 2. The van der Waals surface area contributed by atoms with E-state index in [1.165, 1.54) is 6.07 Å². The van der Waals surface area contributed by atoms with Crippen LogP contribution in [0.5, 0.6) is 0 Å². The smallest absolute Gasteiger partial charge is 0.248 e. The molecular formula is C9H8ClF3N. The van der Waals surface area contributed by atoms with E-state index >= 15 is 0 Å². The van der Waals surface area contributed by atoms with Crippen LogP contribution in [0, 0.1) is 6.92 Å². The molecule has 0 saturated carbocycles. The Morgan fingerprint density at radius 3 is 2.43 bits per heavy atom. The van der Waals surface area contributed by atoms with E-state index in [1.54, 1.807) is 0 Å². The molecule has 1 rings (SSSR count). The normalized spacial score (nSPS) is 11.8. The quantitative estimate of drug-likeness (QED) is 0.701. The van der Waals surface area contributed by atoms with Crippen molar-refractivity contribution in [2.24, 2.45) is 0 Å². The predicted octanol–water partition coefficient (Wildman–Crippen LogP) is 3.22. The summed E-state index contributed by atoms with van der Waals surface area (Å²) in [7, 11) is 0. The van der Waals surface area contributed by atoms with Gasteiger partial charge in [-0.3, -0.25) is 0 Å². The zero-order chi connectivity index (χ0) is 10.8. The maximum atomic E-state index is 12.2. The molecule has 0 bridgehead atoms. The monoisotopic (exact) mass is 222 g/mol. The van der Waals surface area contributed by atoms with Gasteiger partial charge in [-0.2, -0.15) is 13.2 Å². The Morgan fingerprint density at radius 1 is 1.36 bits per heavy atom. The second-order valence-corrected chi connectivity index (χ2v) is 2.95. The second kappa shape index (κ2) is 4.17. The highest BCUT2D eigenvalue weighted by atomic mass is 35.5. The molecule has 0 spiro atoms. The van der Waals surface area contributed by atoms with Crippen molar-refractivity contribution in [3.05, 3.63) is 36.0 Å². The van der Waals surface area contributed by atoms with Crippen LogP contribution >= 0.6 is 11.6 Å². The highest BCUT2D eigenvalue weighted by molar-refractivity contribution is 6.17. The van der Waals surface area contributed by atoms with E-state index in [0.29, 0.717) is 11.3 Å². The average molecular weight is 223 g/mol. The Hall–Kier alpha value is -0.770. The van der Waals surface area contributed by atoms with Crippen LogP contribution in [0.2, 0.25) is 0 Å². The first-order valence-electron chi connectivity index (χ1n) is 3.90. The number of nitrogens with zero attached hydrogens (tertiary/aromatic N) is 1. The van der Waals surface area contributed by atoms with Crippen LogP contribution in [0.25, 0.3) is 0 Å². The molecule has 0 N–H and O–H groups in total. The van der Waals surface area contributed by atoms with Gasteiger partial charge >= 0.3 is 6.18 Å². The molecule has 5 heteroatoms. The Bertz CT molecular complexity index is 322. The summed E-state index contributed by atoms with van der Waals surface area (Å²) in [4.78, 5) is 3.46. The lowest BCUT2D eigenvalue weighted by molar-refractivity contribution is -0.141. The van der Waals surface area contributed by atoms with Gasteiger partial charge in [0.25, 0.3) is 0 Å². The largest absolute Gasteiger partial charge is 0.433 e. The summed E-state index contributed by atoms with van der Waals surface area (Å²) in [5.74, 6) is 0.149. The summed E-state index contributed by atoms with van der Waals surface area (Å²) < 4.78 is 36.7. The van der Waals surface area contributed by atoms with Crippen LogP contribution in [0.4, 0.5) is 13.2 Å². The van der Waals surface area contributed by atoms with Crippen molar-refractivity contribution in [3.63, 3.8) is 0 Å². The number of pyridine rings is 1. The molecular weight excluding hydrogens is 215 g/mol. The van der Waals surface area contributed by atoms with Crippen molar-refractivity contribution in [3.8, 4) is 0 Å². The van der Waals surface area contributed by atoms with Gasteiger partial charge in [-0.1, -0.05) is 6.07 Å². The van der Waals surface area contributed by atoms with E-state index in [2.05, 4.69) is 11.9 Å². The minimum atomic E-state index is -4.41. The van der Waals surface area contributed by atoms with Gasteiger partial charge in [-0.15, -0.1) is 11.6 Å². The molecule has 0 atom stereocenters. The van der Waals surface area contributed by atoms with E-state index < -0.39 is 11.9 Å². The molecule has 0 fully saturated rings. The van der Waals surface area contributed by atoms with E-state index in [4.69, 9.17) is 11.6 Å². The zero-order valence-corrected chi connectivity index (χ0v) is 7.99. The topological polar surface area (TPSA) is 12.9 Å². The molecule has 0 amide bonds. The molecule has 77 valence electrons. The lowest BCUT2D eigenvalue weighted by Gasteiger charge is -2.09. The summed E-state index contributed by atoms with van der Waals surface area (Å²) in [6.45, 7) is 3.50. The highest BCUT2D eigenvalue weighted by Crippen LogP contribution is 2.28. The van der Waals surface area contributed by atoms with Crippen molar-refractivity contribution in [1.29, 1.82) is 0 Å². The second-order valence-electron chi connectivity index (χ2n) is 2.68. The van der Waals surface area contributed by atoms with Gasteiger partial charge in [-0.25, -0.2) is 4.98 Å². The fraction of sp³-hybridized carbons (Fsp3) is 0.333. The van der Waals surface area contributed by atoms with Crippen molar-refractivity contribution in [2.75, 3.05) is 0 Å². The summed E-state index contributed by atoms with van der Waals surface area (Å²) in [5, 5.41) is 0. The van der Waals surface area contributed by atoms with Crippen LogP contribution in [0.1, 0.15) is 17.0 Å². The van der Waals surface area contributed by atoms with Crippen LogP contribution in [-0.2, 0) is 18.5 Å². The SMILES string of the molecule is [CH2]Cc1nc(C(F)(F)F)ccc1CCl. The summed E-state index contributed by atoms with van der Waals surface area (Å²) in [6.07, 6.45) is -4.21. The van der Waals surface area contributed by atoms with Crippen LogP contribution < -0.4 is 0 Å². The molecule has 1 nitrogen and oxygen atoms in total. The maximum absolute atomic E-state index is 12.2. The van der Waals surface area contributed by atoms with Crippen LogP contribution in [-0.4, -0.2) is 4.98 Å². The predicted molar refractivity (Wildman–Crippen MR) is 47.9 cm³/mol. The fourth-order valence-electron chi connectivity index (χ4n) is 1.03. The molecule has 1 radical (unpaired) electrons. The first-order valence-corrected chi connectivity index (χ1v) is 4.43. The number of alkyl halides is 4. The van der Waals surface area contributed by atoms with Gasteiger partial charge in [0.05, 0.1) is 0 Å². The van der Waals surface area contributed by atoms with Gasteiger partial charge in [0.2, 0.25) is 0 Å². The molecule has 0 unspecified atom stereocenters. The number of hydrogen-bond donors (Lipinski definition) is 0. The average Bonchev–Trinajstić information content (AvgIpc) is 2.15. The standard InChI is InChI=1S/C9H8ClF3N/c1-2-7-6(5-10)3-4-8(14-7)9(11,12)13/h3-4H,1-2,5H2. The van der Waals surface area contributed by atoms with Crippen LogP contribution in [0.3, 0.4) is 0 Å². The molecule has 0 aromatic carbocycles. The lowest BCUT2D eigenvalue weighted by Crippen LogP contribution is -2.10. The first-order chi connectivity index (χ1) is 6.49. The fourth-order valence-corrected chi connectivity index (χ4v) is 1.27. The molecule has 0 saturated heterocycles. The van der Waals surface area contributed by atoms with Gasteiger partial charge in [-0.05, 0) is 25.0 Å². The van der Waals surface area contributed by atoms with Crippen LogP contribution in [0.15, 0.2) is 12.1 Å². The molecule has 1 aromatic rings. The van der Waals surface area contributed by atoms with Gasteiger partial charge in [0, 0.05) is 11.6 Å². The highest BCUT2D eigenvalue weighted by Gasteiger charge is 2.32. The molecule has 14 heavy (non-hydrogen) atoms. The van der Waals surface area contributed by atoms with Crippen molar-refractivity contribution >= 4 is 11.6 Å². The van der Waals surface area contributed by atoms with Crippen molar-refractivity contribution < 1.29 is 13.2 Å². The lowest BCUT2D eigenvalue weighted by atomic mass is 10.1. The van der Waals surface area contributed by atoms with E-state index in [9.17, 15) is 13.2 Å². The third-order valence-corrected chi connectivity index (χ3v) is 2.03. The summed E-state index contributed by atoms with van der Waals surface area (Å²) >= 11 is 5.53. The van der Waals surface area contributed by atoms with Gasteiger partial charge in [0.1, 0.15) is 5.69 Å². The number of aromatic nitrogens is 1. The Kier molecular flexibility index (Phi) is 3.37. The van der Waals surface area contributed by atoms with Gasteiger partial charge < -0.3 is 0 Å². The molecule has 1 aromatic heterocycles. The number of halogens is 4.